The molecule has 0 spiro atoms. The summed E-state index contributed by atoms with van der Waals surface area (Å²) >= 11 is 0. The van der Waals surface area contributed by atoms with Gasteiger partial charge in [0.1, 0.15) is 0 Å². The van der Waals surface area contributed by atoms with E-state index in [2.05, 4.69) is 61.4 Å². The Hall–Kier alpha value is -0.860. The summed E-state index contributed by atoms with van der Waals surface area (Å²) in [7, 11) is 2.09. The van der Waals surface area contributed by atoms with Crippen molar-refractivity contribution in [3.05, 3.63) is 35.9 Å². The van der Waals surface area contributed by atoms with Crippen LogP contribution in [0.5, 0.6) is 0 Å². The van der Waals surface area contributed by atoms with Crippen molar-refractivity contribution in [2.24, 2.45) is 11.8 Å². The van der Waals surface area contributed by atoms with Crippen molar-refractivity contribution >= 4 is 0 Å². The predicted molar refractivity (Wildman–Crippen MR) is 82.1 cm³/mol. The van der Waals surface area contributed by atoms with Gasteiger partial charge < -0.3 is 5.32 Å². The zero-order chi connectivity index (χ0) is 13.7. The largest absolute Gasteiger partial charge is 0.317 e. The highest BCUT2D eigenvalue weighted by Crippen LogP contribution is 2.25. The fourth-order valence-electron chi connectivity index (χ4n) is 3.12. The average molecular weight is 260 g/mol. The van der Waals surface area contributed by atoms with Crippen molar-refractivity contribution in [2.45, 2.75) is 39.3 Å². The average Bonchev–Trinajstić information content (AvgIpc) is 2.61. The van der Waals surface area contributed by atoms with Crippen LogP contribution in [0.2, 0.25) is 0 Å². The van der Waals surface area contributed by atoms with Gasteiger partial charge in [-0.25, -0.2) is 0 Å². The molecule has 0 bridgehead atoms. The Bertz CT molecular complexity index is 363. The first-order chi connectivity index (χ1) is 9.19. The summed E-state index contributed by atoms with van der Waals surface area (Å²) in [6.07, 6.45) is 2.69. The lowest BCUT2D eigenvalue weighted by atomic mass is 9.90. The quantitative estimate of drug-likeness (QED) is 0.894. The number of rotatable bonds is 4. The Kier molecular flexibility index (Phi) is 5.41. The van der Waals surface area contributed by atoms with Crippen molar-refractivity contribution in [3.8, 4) is 0 Å². The molecule has 1 N–H and O–H groups in total. The first-order valence-corrected chi connectivity index (χ1v) is 7.62. The fraction of sp³-hybridized carbons (Fsp3) is 0.647. The van der Waals surface area contributed by atoms with Crippen LogP contribution in [-0.2, 0) is 6.54 Å². The van der Waals surface area contributed by atoms with Crippen LogP contribution in [0, 0.1) is 11.8 Å². The van der Waals surface area contributed by atoms with Crippen LogP contribution in [-0.4, -0.2) is 31.1 Å². The lowest BCUT2D eigenvalue weighted by molar-refractivity contribution is 0.218. The van der Waals surface area contributed by atoms with Gasteiger partial charge in [0.05, 0.1) is 0 Å². The van der Waals surface area contributed by atoms with E-state index in [9.17, 15) is 0 Å². The highest BCUT2D eigenvalue weighted by molar-refractivity contribution is 5.14. The van der Waals surface area contributed by atoms with Gasteiger partial charge >= 0.3 is 0 Å². The third-order valence-electron chi connectivity index (χ3n) is 4.55. The van der Waals surface area contributed by atoms with Gasteiger partial charge in [-0.15, -0.1) is 0 Å². The van der Waals surface area contributed by atoms with Gasteiger partial charge in [0, 0.05) is 19.1 Å². The molecule has 2 heteroatoms. The third kappa shape index (κ3) is 4.32. The van der Waals surface area contributed by atoms with Gasteiger partial charge in [-0.3, -0.25) is 4.90 Å². The van der Waals surface area contributed by atoms with Gasteiger partial charge in [-0.2, -0.15) is 0 Å². The molecule has 1 fully saturated rings. The lowest BCUT2D eigenvalue weighted by Crippen LogP contribution is -2.38. The molecule has 0 aromatic heterocycles. The number of hydrogen-bond donors (Lipinski definition) is 1. The highest BCUT2D eigenvalue weighted by Gasteiger charge is 2.25. The van der Waals surface area contributed by atoms with Crippen LogP contribution < -0.4 is 5.32 Å². The van der Waals surface area contributed by atoms with Crippen LogP contribution in [0.4, 0.5) is 0 Å². The minimum Gasteiger partial charge on any atom is -0.317 e. The molecule has 0 saturated carbocycles. The zero-order valence-electron chi connectivity index (χ0n) is 12.6. The van der Waals surface area contributed by atoms with Crippen LogP contribution in [0.25, 0.3) is 0 Å². The summed E-state index contributed by atoms with van der Waals surface area (Å²) in [5, 5.41) is 3.44. The monoisotopic (exact) mass is 260 g/mol. The number of hydrogen-bond acceptors (Lipinski definition) is 2. The molecule has 1 aliphatic rings. The molecule has 1 aromatic carbocycles. The first kappa shape index (κ1) is 14.5. The van der Waals surface area contributed by atoms with Gasteiger partial charge in [-0.1, -0.05) is 37.3 Å². The Balaban J connectivity index is 2.00. The molecule has 19 heavy (non-hydrogen) atoms. The molecule has 3 atom stereocenters. The van der Waals surface area contributed by atoms with Crippen molar-refractivity contribution in [1.82, 2.24) is 10.2 Å². The minimum atomic E-state index is 0.610. The Morgan fingerprint density at radius 2 is 2.05 bits per heavy atom. The standard InChI is InChI=1S/C17H28N2/c1-14-9-10-19(12-16-7-5-4-6-8-16)13-17(11-14)15(2)18-3/h4-8,14-15,17-18H,9-13H2,1-3H3. The first-order valence-electron chi connectivity index (χ1n) is 7.62. The van der Waals surface area contributed by atoms with E-state index >= 15 is 0 Å². The van der Waals surface area contributed by atoms with E-state index < -0.39 is 0 Å². The molecular formula is C17H28N2. The summed E-state index contributed by atoms with van der Waals surface area (Å²) < 4.78 is 0. The zero-order valence-corrected chi connectivity index (χ0v) is 12.6. The molecule has 1 aliphatic heterocycles. The van der Waals surface area contributed by atoms with Crippen LogP contribution in [0.15, 0.2) is 30.3 Å². The van der Waals surface area contributed by atoms with Crippen LogP contribution in [0.3, 0.4) is 0 Å². The summed E-state index contributed by atoms with van der Waals surface area (Å²) in [6, 6.07) is 11.5. The summed E-state index contributed by atoms with van der Waals surface area (Å²) in [5.41, 5.74) is 1.44. The van der Waals surface area contributed by atoms with Crippen LogP contribution in [0.1, 0.15) is 32.3 Å². The van der Waals surface area contributed by atoms with Crippen molar-refractivity contribution in [3.63, 3.8) is 0 Å². The third-order valence-corrected chi connectivity index (χ3v) is 4.55. The van der Waals surface area contributed by atoms with Crippen molar-refractivity contribution in [1.29, 1.82) is 0 Å². The molecule has 2 rings (SSSR count). The molecule has 3 unspecified atom stereocenters. The molecule has 1 heterocycles. The van der Waals surface area contributed by atoms with Crippen molar-refractivity contribution < 1.29 is 0 Å². The van der Waals surface area contributed by atoms with Gasteiger partial charge in [0.15, 0.2) is 0 Å². The second-order valence-electron chi connectivity index (χ2n) is 6.19. The molecule has 1 aromatic rings. The van der Waals surface area contributed by atoms with Gasteiger partial charge in [0.25, 0.3) is 0 Å². The number of nitrogens with zero attached hydrogens (tertiary/aromatic N) is 1. The summed E-state index contributed by atoms with van der Waals surface area (Å²) in [6.45, 7) is 8.29. The van der Waals surface area contributed by atoms with E-state index in [0.717, 1.165) is 18.4 Å². The predicted octanol–water partition coefficient (Wildman–Crippen LogP) is 3.14. The number of benzene rings is 1. The van der Waals surface area contributed by atoms with Crippen molar-refractivity contribution in [2.75, 3.05) is 20.1 Å². The Morgan fingerprint density at radius 3 is 2.74 bits per heavy atom. The van der Waals surface area contributed by atoms with Gasteiger partial charge in [-0.05, 0) is 50.8 Å². The lowest BCUT2D eigenvalue weighted by Gasteiger charge is -2.28. The molecule has 2 nitrogen and oxygen atoms in total. The minimum absolute atomic E-state index is 0.610. The van der Waals surface area contributed by atoms with E-state index in [1.807, 2.05) is 0 Å². The van der Waals surface area contributed by atoms with Gasteiger partial charge in [0.2, 0.25) is 0 Å². The normalized spacial score (nSPS) is 26.9. The molecule has 1 saturated heterocycles. The topological polar surface area (TPSA) is 15.3 Å². The maximum absolute atomic E-state index is 3.44. The Morgan fingerprint density at radius 1 is 1.32 bits per heavy atom. The highest BCUT2D eigenvalue weighted by atomic mass is 15.1. The fourth-order valence-corrected chi connectivity index (χ4v) is 3.12. The maximum Gasteiger partial charge on any atom is 0.0233 e. The second-order valence-corrected chi connectivity index (χ2v) is 6.19. The molecule has 0 amide bonds. The smallest absolute Gasteiger partial charge is 0.0233 e. The maximum atomic E-state index is 3.44. The van der Waals surface area contributed by atoms with E-state index in [1.165, 1.54) is 31.5 Å². The number of likely N-dealkylation sites (tertiary alicyclic amines) is 1. The van der Waals surface area contributed by atoms with E-state index in [1.54, 1.807) is 0 Å². The molecular weight excluding hydrogens is 232 g/mol. The molecule has 0 radical (unpaired) electrons. The molecule has 0 aliphatic carbocycles. The second kappa shape index (κ2) is 7.06. The van der Waals surface area contributed by atoms with E-state index in [4.69, 9.17) is 0 Å². The number of nitrogens with one attached hydrogen (secondary N) is 1. The summed E-state index contributed by atoms with van der Waals surface area (Å²) in [4.78, 5) is 2.64. The van der Waals surface area contributed by atoms with E-state index in [0.29, 0.717) is 6.04 Å². The SMILES string of the molecule is CNC(C)C1CC(C)CCN(Cc2ccccc2)C1. The summed E-state index contributed by atoms with van der Waals surface area (Å²) in [5.74, 6) is 1.62. The van der Waals surface area contributed by atoms with Crippen LogP contribution >= 0.6 is 0 Å². The molecule has 106 valence electrons. The Labute approximate surface area is 118 Å². The van der Waals surface area contributed by atoms with E-state index in [-0.39, 0.29) is 0 Å².